The molecule has 1 saturated carbocycles. The first-order valence-corrected chi connectivity index (χ1v) is 14.6. The third-order valence-electron chi connectivity index (χ3n) is 8.35. The zero-order valence-corrected chi connectivity index (χ0v) is 24.1. The second-order valence-corrected chi connectivity index (χ2v) is 11.4. The van der Waals surface area contributed by atoms with Gasteiger partial charge in [0.1, 0.15) is 17.5 Å². The molecule has 0 spiro atoms. The van der Waals surface area contributed by atoms with Crippen molar-refractivity contribution in [3.63, 3.8) is 0 Å². The Morgan fingerprint density at radius 1 is 1.34 bits per heavy atom. The molecule has 2 fully saturated rings. The molecule has 7 nitrogen and oxygen atoms in total. The lowest BCUT2D eigenvalue weighted by atomic mass is 9.82. The third-order valence-corrected chi connectivity index (χ3v) is 8.64. The first-order valence-electron chi connectivity index (χ1n) is 14.3. The number of nitrogens with zero attached hydrogens (tertiary/aromatic N) is 2. The summed E-state index contributed by atoms with van der Waals surface area (Å²) in [4.78, 5) is 17.4. The van der Waals surface area contributed by atoms with Crippen LogP contribution in [0.15, 0.2) is 18.2 Å². The molecule has 0 unspecified atom stereocenters. The Labute approximate surface area is 233 Å². The summed E-state index contributed by atoms with van der Waals surface area (Å²) in [5.74, 6) is 0.00785. The predicted octanol–water partition coefficient (Wildman–Crippen LogP) is 5.18. The first kappa shape index (κ1) is 31.1. The Morgan fingerprint density at radius 2 is 2.11 bits per heavy atom. The Bertz CT molecular complexity index is 872. The number of nitrogens with one attached hydrogen (secondary N) is 1. The molecule has 2 amide bonds. The Kier molecular flexibility index (Phi) is 12.6. The summed E-state index contributed by atoms with van der Waals surface area (Å²) in [6.45, 7) is 2.27. The monoisotopic (exact) mass is 555 g/mol. The van der Waals surface area contributed by atoms with E-state index in [1.54, 1.807) is 24.1 Å². The maximum Gasteiger partial charge on any atom is 0.320 e. The molecule has 9 heteroatoms. The molecule has 0 bridgehead atoms. The van der Waals surface area contributed by atoms with Gasteiger partial charge in [-0.25, -0.2) is 9.18 Å². The van der Waals surface area contributed by atoms with Crippen LogP contribution in [0.2, 0.25) is 5.02 Å². The van der Waals surface area contributed by atoms with Gasteiger partial charge < -0.3 is 29.7 Å². The van der Waals surface area contributed by atoms with Crippen LogP contribution in [0, 0.1) is 11.7 Å². The molecular weight excluding hydrogens is 509 g/mol. The van der Waals surface area contributed by atoms with Gasteiger partial charge in [0.15, 0.2) is 0 Å². The van der Waals surface area contributed by atoms with Crippen LogP contribution in [0.4, 0.5) is 9.18 Å². The molecule has 1 heterocycles. The van der Waals surface area contributed by atoms with Gasteiger partial charge in [0.05, 0.1) is 18.2 Å². The van der Waals surface area contributed by atoms with E-state index < -0.39 is 17.5 Å². The fourth-order valence-electron chi connectivity index (χ4n) is 6.03. The van der Waals surface area contributed by atoms with Crippen molar-refractivity contribution in [2.45, 2.75) is 82.0 Å². The number of methoxy groups -OCH3 is 1. The number of halogens is 2. The SMILES string of the molecule is CNCC[C@H](CC1CCCCC1)N(C)C(=O)N1CCO[C@@H]([C@@](O)(CCCCOC)c2cccc(Cl)c2F)C1. The summed E-state index contributed by atoms with van der Waals surface area (Å²) in [6.07, 6.45) is 9.03. The maximum atomic E-state index is 15.2. The number of rotatable bonds is 13. The van der Waals surface area contributed by atoms with Crippen molar-refractivity contribution in [1.29, 1.82) is 0 Å². The molecule has 38 heavy (non-hydrogen) atoms. The lowest BCUT2D eigenvalue weighted by Gasteiger charge is -2.44. The molecule has 0 radical (unpaired) electrons. The van der Waals surface area contributed by atoms with Crippen LogP contribution in [0.25, 0.3) is 0 Å². The quantitative estimate of drug-likeness (QED) is 0.328. The Balaban J connectivity index is 1.77. The number of ether oxygens (including phenoxy) is 2. The maximum absolute atomic E-state index is 15.2. The number of hydrogen-bond acceptors (Lipinski definition) is 5. The average molecular weight is 556 g/mol. The minimum atomic E-state index is -1.63. The van der Waals surface area contributed by atoms with Gasteiger partial charge in [0.2, 0.25) is 0 Å². The van der Waals surface area contributed by atoms with Crippen LogP contribution in [0.3, 0.4) is 0 Å². The van der Waals surface area contributed by atoms with E-state index >= 15 is 4.39 Å². The highest BCUT2D eigenvalue weighted by Crippen LogP contribution is 2.38. The molecule has 3 rings (SSSR count). The van der Waals surface area contributed by atoms with E-state index in [2.05, 4.69) is 5.32 Å². The van der Waals surface area contributed by atoms with E-state index in [9.17, 15) is 9.90 Å². The number of morpholine rings is 1. The van der Waals surface area contributed by atoms with E-state index in [0.717, 1.165) is 19.4 Å². The van der Waals surface area contributed by atoms with Gasteiger partial charge in [0.25, 0.3) is 0 Å². The molecule has 1 aliphatic heterocycles. The molecule has 1 aromatic carbocycles. The smallest absolute Gasteiger partial charge is 0.320 e. The lowest BCUT2D eigenvalue weighted by Crippen LogP contribution is -2.57. The van der Waals surface area contributed by atoms with Crippen molar-refractivity contribution < 1.29 is 23.8 Å². The highest BCUT2D eigenvalue weighted by Gasteiger charge is 2.45. The second kappa shape index (κ2) is 15.4. The van der Waals surface area contributed by atoms with Gasteiger partial charge in [-0.05, 0) is 57.7 Å². The molecule has 1 aliphatic carbocycles. The second-order valence-electron chi connectivity index (χ2n) is 11.0. The van der Waals surface area contributed by atoms with Gasteiger partial charge in [-0.15, -0.1) is 0 Å². The number of benzene rings is 1. The molecule has 3 atom stereocenters. The van der Waals surface area contributed by atoms with Crippen molar-refractivity contribution in [1.82, 2.24) is 15.1 Å². The summed E-state index contributed by atoms with van der Waals surface area (Å²) in [7, 11) is 5.46. The molecule has 0 aromatic heterocycles. The normalized spacial score (nSPS) is 21.2. The van der Waals surface area contributed by atoms with E-state index in [0.29, 0.717) is 31.9 Å². The van der Waals surface area contributed by atoms with Crippen molar-refractivity contribution in [3.8, 4) is 0 Å². The van der Waals surface area contributed by atoms with Crippen molar-refractivity contribution in [2.24, 2.45) is 5.92 Å². The van der Waals surface area contributed by atoms with Gasteiger partial charge in [0, 0.05) is 38.9 Å². The van der Waals surface area contributed by atoms with Crippen molar-refractivity contribution >= 4 is 17.6 Å². The van der Waals surface area contributed by atoms with E-state index in [4.69, 9.17) is 21.1 Å². The van der Waals surface area contributed by atoms with Gasteiger partial charge in [-0.1, -0.05) is 55.8 Å². The Hall–Kier alpha value is -1.45. The van der Waals surface area contributed by atoms with Crippen molar-refractivity contribution in [2.75, 3.05) is 54.1 Å². The van der Waals surface area contributed by atoms with Crippen LogP contribution < -0.4 is 5.32 Å². The molecule has 1 aromatic rings. The van der Waals surface area contributed by atoms with Gasteiger partial charge >= 0.3 is 6.03 Å². The molecule has 216 valence electrons. The van der Waals surface area contributed by atoms with Crippen molar-refractivity contribution in [3.05, 3.63) is 34.6 Å². The fraction of sp³-hybridized carbons (Fsp3) is 0.759. The van der Waals surface area contributed by atoms with Gasteiger partial charge in [-0.3, -0.25) is 0 Å². The standard InChI is InChI=1S/C29H47ClFN3O4/c1-32-16-14-23(20-22-10-5-4-6-11-22)33(2)28(35)34-17-19-38-26(21-34)29(36,15-7-8-18-37-3)24-12-9-13-25(30)27(24)31/h9,12-13,22-23,26,32,36H,4-8,10-11,14-21H2,1-3H3/t23-,26-,29-/m1/s1. The summed E-state index contributed by atoms with van der Waals surface area (Å²) in [5, 5.41) is 15.2. The molecule has 2 N–H and O–H groups in total. The molecule has 1 saturated heterocycles. The fourth-order valence-corrected chi connectivity index (χ4v) is 6.20. The highest BCUT2D eigenvalue weighted by molar-refractivity contribution is 6.30. The number of amides is 2. The number of urea groups is 1. The zero-order chi connectivity index (χ0) is 27.5. The van der Waals surface area contributed by atoms with E-state index in [1.807, 2.05) is 19.0 Å². The minimum Gasteiger partial charge on any atom is -0.385 e. The van der Waals surface area contributed by atoms with Crippen LogP contribution >= 0.6 is 11.6 Å². The van der Waals surface area contributed by atoms with Crippen LogP contribution in [0.1, 0.15) is 69.8 Å². The highest BCUT2D eigenvalue weighted by atomic mass is 35.5. The third kappa shape index (κ3) is 8.04. The minimum absolute atomic E-state index is 0.0450. The number of carbonyl (C=O) groups excluding carboxylic acids is 1. The Morgan fingerprint density at radius 3 is 2.82 bits per heavy atom. The van der Waals surface area contributed by atoms with E-state index in [1.165, 1.54) is 38.2 Å². The number of hydrogen-bond donors (Lipinski definition) is 2. The number of carbonyl (C=O) groups is 1. The van der Waals surface area contributed by atoms with Crippen LogP contribution in [-0.2, 0) is 15.1 Å². The predicted molar refractivity (Wildman–Crippen MR) is 149 cm³/mol. The van der Waals surface area contributed by atoms with Crippen LogP contribution in [0.5, 0.6) is 0 Å². The summed E-state index contributed by atoms with van der Waals surface area (Å²) < 4.78 is 26.4. The summed E-state index contributed by atoms with van der Waals surface area (Å²) in [5.41, 5.74) is -1.52. The largest absolute Gasteiger partial charge is 0.385 e. The van der Waals surface area contributed by atoms with Crippen LogP contribution in [-0.4, -0.2) is 87.1 Å². The zero-order valence-electron chi connectivity index (χ0n) is 23.4. The average Bonchev–Trinajstić information content (AvgIpc) is 2.94. The number of unbranched alkanes of at least 4 members (excludes halogenated alkanes) is 1. The summed E-state index contributed by atoms with van der Waals surface area (Å²) in [6, 6.07) is 4.74. The lowest BCUT2D eigenvalue weighted by molar-refractivity contribution is -0.148. The topological polar surface area (TPSA) is 74.3 Å². The molecular formula is C29H47ClFN3O4. The first-order chi connectivity index (χ1) is 18.3. The van der Waals surface area contributed by atoms with E-state index in [-0.39, 0.29) is 42.2 Å². The molecule has 2 aliphatic rings. The van der Waals surface area contributed by atoms with Gasteiger partial charge in [-0.2, -0.15) is 0 Å². The summed E-state index contributed by atoms with van der Waals surface area (Å²) >= 11 is 6.10. The number of aliphatic hydroxyl groups is 1.